The highest BCUT2D eigenvalue weighted by atomic mass is 35.5. The van der Waals surface area contributed by atoms with Crippen LogP contribution in [0, 0.1) is 0 Å². The van der Waals surface area contributed by atoms with Crippen molar-refractivity contribution in [1.29, 1.82) is 0 Å². The first-order chi connectivity index (χ1) is 15.6. The SMILES string of the molecule is CC(C)OC(=O)c1cnn(-c2ccc(C(C=Nc3ccc(Cl)cc3)=NN)cc2)c1C(F)(F)F. The van der Waals surface area contributed by atoms with Crippen molar-refractivity contribution < 1.29 is 22.7 Å². The third kappa shape index (κ3) is 5.78. The number of nitrogens with two attached hydrogens (primary N) is 1. The topological polar surface area (TPSA) is 94.9 Å². The molecule has 0 aliphatic heterocycles. The molecule has 0 aliphatic rings. The second-order valence-electron chi connectivity index (χ2n) is 7.07. The molecule has 1 heterocycles. The van der Waals surface area contributed by atoms with E-state index in [1.54, 1.807) is 38.1 Å². The number of halogens is 4. The van der Waals surface area contributed by atoms with E-state index in [9.17, 15) is 18.0 Å². The number of aromatic nitrogens is 2. The first kappa shape index (κ1) is 24.0. The predicted molar refractivity (Wildman–Crippen MR) is 119 cm³/mol. The molecule has 0 saturated carbocycles. The van der Waals surface area contributed by atoms with Crippen LogP contribution in [0.4, 0.5) is 18.9 Å². The number of carbonyl (C=O) groups is 1. The van der Waals surface area contributed by atoms with Gasteiger partial charge in [0.2, 0.25) is 0 Å². The van der Waals surface area contributed by atoms with Crippen LogP contribution in [0.3, 0.4) is 0 Å². The average molecular weight is 478 g/mol. The number of aliphatic imine (C=N–C) groups is 1. The van der Waals surface area contributed by atoms with Crippen molar-refractivity contribution in [3.8, 4) is 5.69 Å². The van der Waals surface area contributed by atoms with Gasteiger partial charge in [0.15, 0.2) is 5.69 Å². The summed E-state index contributed by atoms with van der Waals surface area (Å²) in [6.45, 7) is 3.09. The molecular formula is C22H19ClF3N5O2. The Hall–Kier alpha value is -3.66. The maximum absolute atomic E-state index is 13.7. The lowest BCUT2D eigenvalue weighted by atomic mass is 10.1. The van der Waals surface area contributed by atoms with Crippen molar-refractivity contribution in [1.82, 2.24) is 9.78 Å². The van der Waals surface area contributed by atoms with Crippen molar-refractivity contribution >= 4 is 35.2 Å². The lowest BCUT2D eigenvalue weighted by Crippen LogP contribution is -2.20. The summed E-state index contributed by atoms with van der Waals surface area (Å²) in [5, 5.41) is 8.01. The molecule has 0 bridgehead atoms. The number of hydrogen-bond donors (Lipinski definition) is 1. The highest BCUT2D eigenvalue weighted by Crippen LogP contribution is 2.34. The summed E-state index contributed by atoms with van der Waals surface area (Å²) in [5.74, 6) is 4.36. The number of benzene rings is 2. The van der Waals surface area contributed by atoms with Crippen LogP contribution in [-0.2, 0) is 10.9 Å². The van der Waals surface area contributed by atoms with Crippen LogP contribution in [0.2, 0.25) is 5.02 Å². The molecule has 2 N–H and O–H groups in total. The molecule has 0 amide bonds. The number of ether oxygens (including phenoxy) is 1. The van der Waals surface area contributed by atoms with Crippen molar-refractivity contribution in [3.63, 3.8) is 0 Å². The number of esters is 1. The summed E-state index contributed by atoms with van der Waals surface area (Å²) in [5.41, 5.74) is -0.379. The molecule has 0 aliphatic carbocycles. The minimum atomic E-state index is -4.84. The summed E-state index contributed by atoms with van der Waals surface area (Å²) in [4.78, 5) is 16.4. The van der Waals surface area contributed by atoms with Gasteiger partial charge in [0.1, 0.15) is 11.3 Å². The van der Waals surface area contributed by atoms with Crippen molar-refractivity contribution in [2.24, 2.45) is 15.9 Å². The van der Waals surface area contributed by atoms with E-state index in [0.717, 1.165) is 6.20 Å². The van der Waals surface area contributed by atoms with E-state index < -0.39 is 29.5 Å². The molecule has 0 unspecified atom stereocenters. The molecule has 3 aromatic rings. The third-order valence-electron chi connectivity index (χ3n) is 4.31. The van der Waals surface area contributed by atoms with E-state index in [1.165, 1.54) is 30.5 Å². The summed E-state index contributed by atoms with van der Waals surface area (Å²) >= 11 is 5.84. The quantitative estimate of drug-likeness (QED) is 0.229. The van der Waals surface area contributed by atoms with Gasteiger partial charge < -0.3 is 10.6 Å². The molecular weight excluding hydrogens is 459 g/mol. The van der Waals surface area contributed by atoms with Gasteiger partial charge in [-0.25, -0.2) is 9.48 Å². The Labute approximate surface area is 192 Å². The minimum Gasteiger partial charge on any atom is -0.459 e. The monoisotopic (exact) mass is 477 g/mol. The summed E-state index contributed by atoms with van der Waals surface area (Å²) < 4.78 is 46.8. The zero-order chi connectivity index (χ0) is 24.2. The van der Waals surface area contributed by atoms with Gasteiger partial charge in [0.05, 0.1) is 29.9 Å². The van der Waals surface area contributed by atoms with E-state index in [1.807, 2.05) is 0 Å². The van der Waals surface area contributed by atoms with E-state index in [2.05, 4.69) is 15.2 Å². The average Bonchev–Trinajstić information content (AvgIpc) is 3.21. The number of carbonyl (C=O) groups excluding carboxylic acids is 1. The Morgan fingerprint density at radius 3 is 2.33 bits per heavy atom. The molecule has 1 aromatic heterocycles. The standard InChI is InChI=1S/C22H19ClF3N5O2/c1-13(2)33-21(32)18-11-29-31(20(18)22(24,25)26)17-9-3-14(4-10-17)19(30-27)12-28-16-7-5-15(23)6-8-16/h3-13H,27H2,1-2H3. The third-order valence-corrected chi connectivity index (χ3v) is 4.56. The second kappa shape index (κ2) is 9.86. The molecule has 33 heavy (non-hydrogen) atoms. The zero-order valence-corrected chi connectivity index (χ0v) is 18.3. The van der Waals surface area contributed by atoms with Gasteiger partial charge in [-0.05, 0) is 50.2 Å². The van der Waals surface area contributed by atoms with Crippen molar-refractivity contribution in [3.05, 3.63) is 76.6 Å². The summed E-state index contributed by atoms with van der Waals surface area (Å²) in [7, 11) is 0. The maximum atomic E-state index is 13.7. The molecule has 0 spiro atoms. The van der Waals surface area contributed by atoms with Gasteiger partial charge in [-0.2, -0.15) is 23.4 Å². The lowest BCUT2D eigenvalue weighted by molar-refractivity contribution is -0.143. The van der Waals surface area contributed by atoms with E-state index in [-0.39, 0.29) is 5.69 Å². The van der Waals surface area contributed by atoms with Crippen LogP contribution in [0.1, 0.15) is 35.5 Å². The van der Waals surface area contributed by atoms with Crippen LogP contribution in [0.25, 0.3) is 5.69 Å². The Balaban J connectivity index is 1.91. The number of hydrogen-bond acceptors (Lipinski definition) is 6. The van der Waals surface area contributed by atoms with E-state index in [4.69, 9.17) is 22.2 Å². The number of alkyl halides is 3. The number of nitrogens with zero attached hydrogens (tertiary/aromatic N) is 4. The predicted octanol–water partition coefficient (Wildman–Crippen LogP) is 5.18. The molecule has 2 aromatic carbocycles. The highest BCUT2D eigenvalue weighted by molar-refractivity contribution is 6.38. The molecule has 7 nitrogen and oxygen atoms in total. The Bertz CT molecular complexity index is 1180. The summed E-state index contributed by atoms with van der Waals surface area (Å²) in [6.07, 6.45) is -3.15. The molecule has 0 radical (unpaired) electrons. The fourth-order valence-corrected chi connectivity index (χ4v) is 2.99. The Morgan fingerprint density at radius 1 is 1.15 bits per heavy atom. The van der Waals surface area contributed by atoms with Gasteiger partial charge in [0, 0.05) is 10.6 Å². The van der Waals surface area contributed by atoms with Crippen molar-refractivity contribution in [2.45, 2.75) is 26.1 Å². The molecule has 3 rings (SSSR count). The first-order valence-electron chi connectivity index (χ1n) is 9.64. The fraction of sp³-hybridized carbons (Fsp3) is 0.182. The van der Waals surface area contributed by atoms with Crippen molar-refractivity contribution in [2.75, 3.05) is 0 Å². The zero-order valence-electron chi connectivity index (χ0n) is 17.5. The van der Waals surface area contributed by atoms with Crippen LogP contribution in [0.5, 0.6) is 0 Å². The van der Waals surface area contributed by atoms with E-state index >= 15 is 0 Å². The Kier molecular flexibility index (Phi) is 7.17. The number of rotatable bonds is 6. The van der Waals surface area contributed by atoms with Crippen LogP contribution >= 0.6 is 11.6 Å². The van der Waals surface area contributed by atoms with E-state index in [0.29, 0.717) is 26.7 Å². The largest absolute Gasteiger partial charge is 0.459 e. The summed E-state index contributed by atoms with van der Waals surface area (Å²) in [6, 6.07) is 12.6. The minimum absolute atomic E-state index is 0.0840. The normalized spacial score (nSPS) is 12.5. The number of hydrazone groups is 1. The lowest BCUT2D eigenvalue weighted by Gasteiger charge is -2.13. The highest BCUT2D eigenvalue weighted by Gasteiger charge is 2.41. The molecule has 0 atom stereocenters. The second-order valence-corrected chi connectivity index (χ2v) is 7.50. The fourth-order valence-electron chi connectivity index (χ4n) is 2.86. The van der Waals surface area contributed by atoms with Gasteiger partial charge in [-0.15, -0.1) is 0 Å². The van der Waals surface area contributed by atoms with Gasteiger partial charge in [0.25, 0.3) is 0 Å². The molecule has 172 valence electrons. The van der Waals surface area contributed by atoms with Gasteiger partial charge in [-0.3, -0.25) is 4.99 Å². The van der Waals surface area contributed by atoms with Crippen LogP contribution in [0.15, 0.2) is 64.8 Å². The molecule has 0 fully saturated rings. The van der Waals surface area contributed by atoms with Crippen LogP contribution < -0.4 is 5.84 Å². The Morgan fingerprint density at radius 2 is 1.79 bits per heavy atom. The maximum Gasteiger partial charge on any atom is 0.434 e. The van der Waals surface area contributed by atoms with Gasteiger partial charge >= 0.3 is 12.1 Å². The molecule has 11 heteroatoms. The first-order valence-corrected chi connectivity index (χ1v) is 10.0. The molecule has 0 saturated heterocycles. The van der Waals surface area contributed by atoms with Gasteiger partial charge in [-0.1, -0.05) is 23.7 Å². The van der Waals surface area contributed by atoms with Crippen LogP contribution in [-0.4, -0.2) is 33.8 Å². The smallest absolute Gasteiger partial charge is 0.434 e.